The molecule has 1 aromatic rings. The Kier molecular flexibility index (Phi) is 5.49. The van der Waals surface area contributed by atoms with Crippen molar-refractivity contribution in [3.63, 3.8) is 0 Å². The Morgan fingerprint density at radius 3 is 2.35 bits per heavy atom. The molecule has 1 N–H and O–H groups in total. The SMILES string of the molecule is CCC(C)c1ccc(NC(=O)C(C)CCl)cc1. The largest absolute Gasteiger partial charge is 0.326 e. The predicted octanol–water partition coefficient (Wildman–Crippen LogP) is 4.01. The highest BCUT2D eigenvalue weighted by Crippen LogP contribution is 2.20. The average Bonchev–Trinajstić information content (AvgIpc) is 2.37. The van der Waals surface area contributed by atoms with Crippen LogP contribution in [0.25, 0.3) is 0 Å². The Morgan fingerprint density at radius 2 is 1.88 bits per heavy atom. The fourth-order valence-electron chi connectivity index (χ4n) is 1.47. The van der Waals surface area contributed by atoms with Gasteiger partial charge in [0.15, 0.2) is 0 Å². The smallest absolute Gasteiger partial charge is 0.228 e. The molecule has 0 fully saturated rings. The van der Waals surface area contributed by atoms with Gasteiger partial charge in [-0.15, -0.1) is 11.6 Å². The molecule has 17 heavy (non-hydrogen) atoms. The van der Waals surface area contributed by atoms with Crippen LogP contribution in [0.4, 0.5) is 5.69 Å². The van der Waals surface area contributed by atoms with Gasteiger partial charge in [-0.3, -0.25) is 4.79 Å². The number of carbonyl (C=O) groups excluding carboxylic acids is 1. The van der Waals surface area contributed by atoms with Crippen molar-refractivity contribution in [2.45, 2.75) is 33.1 Å². The molecule has 3 heteroatoms. The number of hydrogen-bond acceptors (Lipinski definition) is 1. The molecule has 2 unspecified atom stereocenters. The number of anilines is 1. The van der Waals surface area contributed by atoms with Gasteiger partial charge in [-0.1, -0.05) is 32.9 Å². The standard InChI is InChI=1S/C14H20ClNO/c1-4-10(2)12-5-7-13(8-6-12)16-14(17)11(3)9-15/h5-8,10-11H,4,9H2,1-3H3,(H,16,17). The zero-order chi connectivity index (χ0) is 12.8. The van der Waals surface area contributed by atoms with Gasteiger partial charge in [-0.2, -0.15) is 0 Å². The second-order valence-corrected chi connectivity index (χ2v) is 4.78. The highest BCUT2D eigenvalue weighted by atomic mass is 35.5. The second kappa shape index (κ2) is 6.65. The zero-order valence-corrected chi connectivity index (χ0v) is 11.4. The summed E-state index contributed by atoms with van der Waals surface area (Å²) in [6, 6.07) is 8.02. The third kappa shape index (κ3) is 4.04. The van der Waals surface area contributed by atoms with Crippen LogP contribution in [0.3, 0.4) is 0 Å². The zero-order valence-electron chi connectivity index (χ0n) is 10.7. The summed E-state index contributed by atoms with van der Waals surface area (Å²) >= 11 is 5.64. The molecule has 0 radical (unpaired) electrons. The van der Waals surface area contributed by atoms with Crippen molar-refractivity contribution in [1.29, 1.82) is 0 Å². The van der Waals surface area contributed by atoms with E-state index in [9.17, 15) is 4.79 Å². The van der Waals surface area contributed by atoms with Crippen molar-refractivity contribution in [2.75, 3.05) is 11.2 Å². The van der Waals surface area contributed by atoms with Gasteiger partial charge >= 0.3 is 0 Å². The topological polar surface area (TPSA) is 29.1 Å². The maximum Gasteiger partial charge on any atom is 0.228 e. The van der Waals surface area contributed by atoms with Gasteiger partial charge in [0.05, 0.1) is 0 Å². The first-order chi connectivity index (χ1) is 8.08. The molecule has 1 aromatic carbocycles. The summed E-state index contributed by atoms with van der Waals surface area (Å²) in [6.07, 6.45) is 1.12. The van der Waals surface area contributed by atoms with E-state index < -0.39 is 0 Å². The Balaban J connectivity index is 2.65. The van der Waals surface area contributed by atoms with E-state index >= 15 is 0 Å². The first kappa shape index (κ1) is 14.0. The fraction of sp³-hybridized carbons (Fsp3) is 0.500. The van der Waals surface area contributed by atoms with E-state index in [0.717, 1.165) is 12.1 Å². The minimum Gasteiger partial charge on any atom is -0.326 e. The normalized spacial score (nSPS) is 14.1. The average molecular weight is 254 g/mol. The summed E-state index contributed by atoms with van der Waals surface area (Å²) in [7, 11) is 0. The van der Waals surface area contributed by atoms with E-state index in [1.165, 1.54) is 5.56 Å². The minimum atomic E-state index is -0.161. The molecular weight excluding hydrogens is 234 g/mol. The molecule has 1 amide bonds. The first-order valence-electron chi connectivity index (χ1n) is 6.05. The predicted molar refractivity (Wildman–Crippen MR) is 73.7 cm³/mol. The molecule has 1 rings (SSSR count). The van der Waals surface area contributed by atoms with Gasteiger partial charge in [0, 0.05) is 17.5 Å². The molecule has 0 spiro atoms. The van der Waals surface area contributed by atoms with Crippen molar-refractivity contribution >= 4 is 23.2 Å². The lowest BCUT2D eigenvalue weighted by atomic mass is 9.98. The number of rotatable bonds is 5. The lowest BCUT2D eigenvalue weighted by Crippen LogP contribution is -2.21. The van der Waals surface area contributed by atoms with Crippen molar-refractivity contribution < 1.29 is 4.79 Å². The summed E-state index contributed by atoms with van der Waals surface area (Å²) in [5.41, 5.74) is 2.13. The van der Waals surface area contributed by atoms with Crippen molar-refractivity contribution in [3.8, 4) is 0 Å². The van der Waals surface area contributed by atoms with Crippen LogP contribution in [0.5, 0.6) is 0 Å². The molecule has 0 saturated heterocycles. The molecule has 0 aliphatic carbocycles. The van der Waals surface area contributed by atoms with E-state index in [1.54, 1.807) is 0 Å². The van der Waals surface area contributed by atoms with E-state index in [1.807, 2.05) is 19.1 Å². The maximum absolute atomic E-state index is 11.6. The number of carbonyl (C=O) groups is 1. The van der Waals surface area contributed by atoms with Gasteiger partial charge in [0.25, 0.3) is 0 Å². The minimum absolute atomic E-state index is 0.0312. The van der Waals surface area contributed by atoms with Crippen molar-refractivity contribution in [3.05, 3.63) is 29.8 Å². The van der Waals surface area contributed by atoms with Crippen LogP contribution >= 0.6 is 11.6 Å². The second-order valence-electron chi connectivity index (χ2n) is 4.48. The van der Waals surface area contributed by atoms with Crippen molar-refractivity contribution in [1.82, 2.24) is 0 Å². The molecule has 0 bridgehead atoms. The van der Waals surface area contributed by atoms with Crippen LogP contribution in [0, 0.1) is 5.92 Å². The van der Waals surface area contributed by atoms with E-state index in [2.05, 4.69) is 31.3 Å². The Bertz CT molecular complexity index is 361. The first-order valence-corrected chi connectivity index (χ1v) is 6.58. The molecule has 2 nitrogen and oxygen atoms in total. The lowest BCUT2D eigenvalue weighted by Gasteiger charge is -2.12. The van der Waals surface area contributed by atoms with Gasteiger partial charge in [-0.05, 0) is 30.0 Å². The highest BCUT2D eigenvalue weighted by molar-refractivity contribution is 6.19. The monoisotopic (exact) mass is 253 g/mol. The van der Waals surface area contributed by atoms with Crippen LogP contribution in [0.1, 0.15) is 38.7 Å². The molecule has 0 aliphatic rings. The molecule has 0 heterocycles. The molecule has 0 aromatic heterocycles. The third-order valence-corrected chi connectivity index (χ3v) is 3.50. The number of amides is 1. The Morgan fingerprint density at radius 1 is 1.29 bits per heavy atom. The summed E-state index contributed by atoms with van der Waals surface area (Å²) in [5, 5.41) is 2.85. The molecule has 0 saturated carbocycles. The Labute approximate surface area is 108 Å². The van der Waals surface area contributed by atoms with Crippen LogP contribution in [-0.4, -0.2) is 11.8 Å². The van der Waals surface area contributed by atoms with Gasteiger partial charge in [0.2, 0.25) is 5.91 Å². The summed E-state index contributed by atoms with van der Waals surface area (Å²) in [4.78, 5) is 11.6. The molecule has 94 valence electrons. The van der Waals surface area contributed by atoms with E-state index in [-0.39, 0.29) is 11.8 Å². The lowest BCUT2D eigenvalue weighted by molar-refractivity contribution is -0.118. The van der Waals surface area contributed by atoms with E-state index in [4.69, 9.17) is 11.6 Å². The van der Waals surface area contributed by atoms with Crippen molar-refractivity contribution in [2.24, 2.45) is 5.92 Å². The van der Waals surface area contributed by atoms with Crippen LogP contribution in [0.2, 0.25) is 0 Å². The van der Waals surface area contributed by atoms with Gasteiger partial charge in [-0.25, -0.2) is 0 Å². The molecule has 2 atom stereocenters. The number of benzene rings is 1. The quantitative estimate of drug-likeness (QED) is 0.790. The fourth-order valence-corrected chi connectivity index (χ4v) is 1.61. The molecular formula is C14H20ClNO. The van der Waals surface area contributed by atoms with Crippen LogP contribution in [0.15, 0.2) is 24.3 Å². The third-order valence-electron chi connectivity index (χ3n) is 3.04. The van der Waals surface area contributed by atoms with Crippen LogP contribution in [-0.2, 0) is 4.79 Å². The highest BCUT2D eigenvalue weighted by Gasteiger charge is 2.11. The maximum atomic E-state index is 11.6. The number of halogens is 1. The van der Waals surface area contributed by atoms with Gasteiger partial charge in [0.1, 0.15) is 0 Å². The van der Waals surface area contributed by atoms with Crippen LogP contribution < -0.4 is 5.32 Å². The number of hydrogen-bond donors (Lipinski definition) is 1. The Hall–Kier alpha value is -1.02. The summed E-state index contributed by atoms with van der Waals surface area (Å²) in [6.45, 7) is 6.18. The summed E-state index contributed by atoms with van der Waals surface area (Å²) < 4.78 is 0. The molecule has 0 aliphatic heterocycles. The number of nitrogens with one attached hydrogen (secondary N) is 1. The van der Waals surface area contributed by atoms with Gasteiger partial charge < -0.3 is 5.32 Å². The van der Waals surface area contributed by atoms with E-state index in [0.29, 0.717) is 11.8 Å². The summed E-state index contributed by atoms with van der Waals surface area (Å²) in [5.74, 6) is 0.709. The number of alkyl halides is 1.